The predicted molar refractivity (Wildman–Crippen MR) is 68.9 cm³/mol. The van der Waals surface area contributed by atoms with Crippen molar-refractivity contribution in [3.8, 4) is 0 Å². The fourth-order valence-electron chi connectivity index (χ4n) is 1.73. The second-order valence-electron chi connectivity index (χ2n) is 4.86. The minimum atomic E-state index is -1.18. The molecule has 1 rings (SSSR count). The van der Waals surface area contributed by atoms with Crippen LogP contribution < -0.4 is 5.32 Å². The van der Waals surface area contributed by atoms with Gasteiger partial charge in [-0.05, 0) is 32.4 Å². The van der Waals surface area contributed by atoms with Gasteiger partial charge in [0.15, 0.2) is 0 Å². The first-order chi connectivity index (χ1) is 9.27. The summed E-state index contributed by atoms with van der Waals surface area (Å²) in [5.74, 6) is -2.46. The summed E-state index contributed by atoms with van der Waals surface area (Å²) in [5, 5.41) is 2.46. The summed E-state index contributed by atoms with van der Waals surface area (Å²) in [6.07, 6.45) is -0.208. The molecule has 0 radical (unpaired) electrons. The Kier molecular flexibility index (Phi) is 5.19. The molecule has 0 fully saturated rings. The van der Waals surface area contributed by atoms with Crippen molar-refractivity contribution >= 4 is 11.9 Å². The summed E-state index contributed by atoms with van der Waals surface area (Å²) in [5.41, 5.74) is -1.32. The number of nitrogens with one attached hydrogen (secondary N) is 1. The third-order valence-corrected chi connectivity index (χ3v) is 2.81. The molecule has 6 heteroatoms. The Hall–Kier alpha value is -1.98. The van der Waals surface area contributed by atoms with Gasteiger partial charge in [0.05, 0.1) is 7.11 Å². The molecule has 0 bridgehead atoms. The Balaban J connectivity index is 2.63. The molecular weight excluding hydrogens is 268 g/mol. The van der Waals surface area contributed by atoms with E-state index in [9.17, 15) is 18.4 Å². The lowest BCUT2D eigenvalue weighted by atomic mass is 10.0. The maximum atomic E-state index is 13.4. The van der Waals surface area contributed by atoms with Gasteiger partial charge in [0.2, 0.25) is 5.91 Å². The van der Waals surface area contributed by atoms with E-state index < -0.39 is 29.0 Å². The molecular formula is C14H17F2NO3. The standard InChI is InChI=1S/C14H17F2NO3/c1-14(2,13(19)20-3)17-12(18)8-7-9-10(15)5-4-6-11(9)16/h4-6H,7-8H2,1-3H3,(H,17,18). The lowest BCUT2D eigenvalue weighted by Gasteiger charge is -2.23. The van der Waals surface area contributed by atoms with Gasteiger partial charge in [0.25, 0.3) is 0 Å². The van der Waals surface area contributed by atoms with E-state index in [4.69, 9.17) is 0 Å². The van der Waals surface area contributed by atoms with E-state index >= 15 is 0 Å². The number of amides is 1. The first-order valence-corrected chi connectivity index (χ1v) is 6.10. The summed E-state index contributed by atoms with van der Waals surface area (Å²) >= 11 is 0. The first kappa shape index (κ1) is 16.1. The zero-order chi connectivity index (χ0) is 15.3. The summed E-state index contributed by atoms with van der Waals surface area (Å²) < 4.78 is 31.3. The average molecular weight is 285 g/mol. The molecule has 0 unspecified atom stereocenters. The highest BCUT2D eigenvalue weighted by atomic mass is 19.1. The predicted octanol–water partition coefficient (Wildman–Crippen LogP) is 1.97. The molecule has 20 heavy (non-hydrogen) atoms. The van der Waals surface area contributed by atoms with Crippen LogP contribution in [-0.2, 0) is 20.7 Å². The SMILES string of the molecule is COC(=O)C(C)(C)NC(=O)CCc1c(F)cccc1F. The van der Waals surface area contributed by atoms with Crippen molar-refractivity contribution < 1.29 is 23.1 Å². The highest BCUT2D eigenvalue weighted by molar-refractivity contribution is 5.87. The number of ether oxygens (including phenoxy) is 1. The Labute approximate surface area is 116 Å². The average Bonchev–Trinajstić information content (AvgIpc) is 2.36. The second-order valence-corrected chi connectivity index (χ2v) is 4.86. The molecule has 0 saturated carbocycles. The van der Waals surface area contributed by atoms with Gasteiger partial charge in [-0.15, -0.1) is 0 Å². The Morgan fingerprint density at radius 2 is 1.80 bits per heavy atom. The molecule has 1 aromatic carbocycles. The van der Waals surface area contributed by atoms with Gasteiger partial charge in [-0.25, -0.2) is 13.6 Å². The van der Waals surface area contributed by atoms with E-state index in [1.54, 1.807) is 0 Å². The van der Waals surface area contributed by atoms with Crippen molar-refractivity contribution in [2.75, 3.05) is 7.11 Å². The van der Waals surface area contributed by atoms with E-state index in [1.165, 1.54) is 27.0 Å². The van der Waals surface area contributed by atoms with Gasteiger partial charge in [-0.3, -0.25) is 4.79 Å². The van der Waals surface area contributed by atoms with E-state index in [1.807, 2.05) is 0 Å². The largest absolute Gasteiger partial charge is 0.467 e. The zero-order valence-corrected chi connectivity index (χ0v) is 11.6. The quantitative estimate of drug-likeness (QED) is 0.841. The van der Waals surface area contributed by atoms with Crippen LogP contribution in [0.4, 0.5) is 8.78 Å². The Morgan fingerprint density at radius 3 is 2.30 bits per heavy atom. The molecule has 0 spiro atoms. The normalized spacial score (nSPS) is 11.1. The number of carbonyl (C=O) groups excluding carboxylic acids is 2. The van der Waals surface area contributed by atoms with Crippen molar-refractivity contribution in [1.29, 1.82) is 0 Å². The number of halogens is 2. The number of hydrogen-bond acceptors (Lipinski definition) is 3. The Morgan fingerprint density at radius 1 is 1.25 bits per heavy atom. The molecule has 0 aliphatic heterocycles. The topological polar surface area (TPSA) is 55.4 Å². The minimum absolute atomic E-state index is 0.0818. The molecule has 0 saturated heterocycles. The van der Waals surface area contributed by atoms with Gasteiger partial charge in [0, 0.05) is 12.0 Å². The number of benzene rings is 1. The highest BCUT2D eigenvalue weighted by Crippen LogP contribution is 2.14. The van der Waals surface area contributed by atoms with E-state index in [0.717, 1.165) is 12.1 Å². The molecule has 1 aromatic rings. The maximum absolute atomic E-state index is 13.4. The number of methoxy groups -OCH3 is 1. The minimum Gasteiger partial charge on any atom is -0.467 e. The van der Waals surface area contributed by atoms with Gasteiger partial charge in [-0.1, -0.05) is 6.07 Å². The van der Waals surface area contributed by atoms with Crippen LogP contribution in [-0.4, -0.2) is 24.5 Å². The summed E-state index contributed by atoms with van der Waals surface area (Å²) in [6.45, 7) is 2.97. The fraction of sp³-hybridized carbons (Fsp3) is 0.429. The van der Waals surface area contributed by atoms with Crippen LogP contribution in [0.3, 0.4) is 0 Å². The molecule has 1 N–H and O–H groups in total. The van der Waals surface area contributed by atoms with Crippen LogP contribution in [0, 0.1) is 11.6 Å². The fourth-order valence-corrected chi connectivity index (χ4v) is 1.73. The second kappa shape index (κ2) is 6.45. The Bertz CT molecular complexity index is 495. The maximum Gasteiger partial charge on any atom is 0.330 e. The summed E-state index contributed by atoms with van der Waals surface area (Å²) in [6, 6.07) is 3.53. The number of carbonyl (C=O) groups is 2. The van der Waals surface area contributed by atoms with Crippen LogP contribution >= 0.6 is 0 Å². The molecule has 0 aliphatic rings. The summed E-state index contributed by atoms with van der Waals surface area (Å²) in [4.78, 5) is 23.1. The molecule has 0 aliphatic carbocycles. The molecule has 0 atom stereocenters. The lowest BCUT2D eigenvalue weighted by Crippen LogP contribution is -2.50. The van der Waals surface area contributed by atoms with Crippen LogP contribution in [0.1, 0.15) is 25.8 Å². The van der Waals surface area contributed by atoms with Crippen molar-refractivity contribution in [3.63, 3.8) is 0 Å². The highest BCUT2D eigenvalue weighted by Gasteiger charge is 2.30. The molecule has 4 nitrogen and oxygen atoms in total. The van der Waals surface area contributed by atoms with Crippen molar-refractivity contribution in [2.45, 2.75) is 32.2 Å². The van der Waals surface area contributed by atoms with E-state index in [2.05, 4.69) is 10.1 Å². The zero-order valence-electron chi connectivity index (χ0n) is 11.6. The van der Waals surface area contributed by atoms with Crippen molar-refractivity contribution in [1.82, 2.24) is 5.32 Å². The number of hydrogen-bond donors (Lipinski definition) is 1. The smallest absolute Gasteiger partial charge is 0.330 e. The van der Waals surface area contributed by atoms with Crippen molar-refractivity contribution in [2.24, 2.45) is 0 Å². The molecule has 0 heterocycles. The molecule has 0 aromatic heterocycles. The molecule has 110 valence electrons. The first-order valence-electron chi connectivity index (χ1n) is 6.10. The summed E-state index contributed by atoms with van der Waals surface area (Å²) in [7, 11) is 1.21. The van der Waals surface area contributed by atoms with Crippen LogP contribution in [0.15, 0.2) is 18.2 Å². The van der Waals surface area contributed by atoms with Gasteiger partial charge >= 0.3 is 5.97 Å². The van der Waals surface area contributed by atoms with Gasteiger partial charge < -0.3 is 10.1 Å². The van der Waals surface area contributed by atoms with Gasteiger partial charge in [0.1, 0.15) is 17.2 Å². The van der Waals surface area contributed by atoms with E-state index in [-0.39, 0.29) is 18.4 Å². The monoisotopic (exact) mass is 285 g/mol. The van der Waals surface area contributed by atoms with Crippen LogP contribution in [0.5, 0.6) is 0 Å². The number of rotatable bonds is 5. The van der Waals surface area contributed by atoms with Crippen molar-refractivity contribution in [3.05, 3.63) is 35.4 Å². The third-order valence-electron chi connectivity index (χ3n) is 2.81. The van der Waals surface area contributed by atoms with Crippen LogP contribution in [0.25, 0.3) is 0 Å². The lowest BCUT2D eigenvalue weighted by molar-refractivity contribution is -0.149. The molecule has 1 amide bonds. The van der Waals surface area contributed by atoms with Gasteiger partial charge in [-0.2, -0.15) is 0 Å². The number of esters is 1. The van der Waals surface area contributed by atoms with E-state index in [0.29, 0.717) is 0 Å². The third kappa shape index (κ3) is 4.01. The van der Waals surface area contributed by atoms with Crippen LogP contribution in [0.2, 0.25) is 0 Å².